The van der Waals surface area contributed by atoms with E-state index in [2.05, 4.69) is 6.92 Å². The Hall–Kier alpha value is -2.11. The summed E-state index contributed by atoms with van der Waals surface area (Å²) in [6, 6.07) is 3.63. The number of hydrogen-bond donors (Lipinski definition) is 1. The average molecular weight is 295 g/mol. The maximum Gasteiger partial charge on any atom is 0.339 e. The van der Waals surface area contributed by atoms with Crippen LogP contribution >= 0.6 is 0 Å². The molecule has 0 amide bonds. The molecule has 0 aliphatic carbocycles. The van der Waals surface area contributed by atoms with Crippen LogP contribution in [0.1, 0.15) is 55.8 Å². The molecule has 0 atom stereocenters. The maximum atomic E-state index is 11.1. The van der Waals surface area contributed by atoms with Crippen LogP contribution in [0.25, 0.3) is 0 Å². The summed E-state index contributed by atoms with van der Waals surface area (Å²) in [4.78, 5) is 21.1. The van der Waals surface area contributed by atoms with E-state index >= 15 is 0 Å². The molecule has 0 aromatic heterocycles. The molecule has 0 aliphatic rings. The Balaban J connectivity index is 2.51. The van der Waals surface area contributed by atoms with Gasteiger partial charge in [0.25, 0.3) is 5.69 Å². The summed E-state index contributed by atoms with van der Waals surface area (Å²) in [5.41, 5.74) is -0.422. The minimum absolute atomic E-state index is 0.171. The number of carbonyl (C=O) groups is 1. The van der Waals surface area contributed by atoms with E-state index in [1.807, 2.05) is 0 Å². The van der Waals surface area contributed by atoms with Crippen molar-refractivity contribution in [2.45, 2.75) is 45.4 Å². The van der Waals surface area contributed by atoms with Gasteiger partial charge in [-0.05, 0) is 12.5 Å². The van der Waals surface area contributed by atoms with Crippen molar-refractivity contribution in [1.82, 2.24) is 0 Å². The Morgan fingerprint density at radius 3 is 2.52 bits per heavy atom. The van der Waals surface area contributed by atoms with E-state index in [0.29, 0.717) is 6.61 Å². The zero-order valence-electron chi connectivity index (χ0n) is 12.2. The van der Waals surface area contributed by atoms with Gasteiger partial charge in [-0.2, -0.15) is 0 Å². The molecule has 1 rings (SSSR count). The van der Waals surface area contributed by atoms with E-state index in [4.69, 9.17) is 9.84 Å². The predicted octanol–water partition coefficient (Wildman–Crippen LogP) is 4.03. The summed E-state index contributed by atoms with van der Waals surface area (Å²) in [6.07, 6.45) is 6.65. The van der Waals surface area contributed by atoms with Crippen LogP contribution in [0.5, 0.6) is 5.75 Å². The molecule has 0 radical (unpaired) electrons. The van der Waals surface area contributed by atoms with Gasteiger partial charge in [-0.25, -0.2) is 4.79 Å². The number of hydrogen-bond acceptors (Lipinski definition) is 4. The van der Waals surface area contributed by atoms with Gasteiger partial charge in [0.15, 0.2) is 0 Å². The molecule has 0 bridgehead atoms. The monoisotopic (exact) mass is 295 g/mol. The normalized spacial score (nSPS) is 10.3. The lowest BCUT2D eigenvalue weighted by Crippen LogP contribution is -2.05. The Labute approximate surface area is 123 Å². The van der Waals surface area contributed by atoms with Gasteiger partial charge in [0.2, 0.25) is 0 Å². The van der Waals surface area contributed by atoms with Crippen LogP contribution in [0, 0.1) is 10.1 Å². The van der Waals surface area contributed by atoms with Gasteiger partial charge in [0, 0.05) is 12.1 Å². The molecule has 0 heterocycles. The van der Waals surface area contributed by atoms with E-state index in [-0.39, 0.29) is 17.0 Å². The summed E-state index contributed by atoms with van der Waals surface area (Å²) in [6.45, 7) is 2.58. The Bertz CT molecular complexity index is 487. The number of carboxylic acid groups (broad SMARTS) is 1. The molecule has 1 aromatic rings. The second-order valence-corrected chi connectivity index (χ2v) is 4.86. The summed E-state index contributed by atoms with van der Waals surface area (Å²) in [7, 11) is 0. The van der Waals surface area contributed by atoms with Crippen LogP contribution in [-0.4, -0.2) is 22.6 Å². The van der Waals surface area contributed by atoms with E-state index in [1.165, 1.54) is 31.4 Å². The van der Waals surface area contributed by atoms with Gasteiger partial charge in [0.1, 0.15) is 11.3 Å². The van der Waals surface area contributed by atoms with E-state index < -0.39 is 10.9 Å². The third kappa shape index (κ3) is 5.81. The van der Waals surface area contributed by atoms with Crippen molar-refractivity contribution in [3.8, 4) is 5.75 Å². The lowest BCUT2D eigenvalue weighted by molar-refractivity contribution is -0.384. The molecule has 0 fully saturated rings. The number of carboxylic acids is 1. The summed E-state index contributed by atoms with van der Waals surface area (Å²) in [5, 5.41) is 19.7. The van der Waals surface area contributed by atoms with Gasteiger partial charge < -0.3 is 9.84 Å². The van der Waals surface area contributed by atoms with E-state index in [1.54, 1.807) is 0 Å². The van der Waals surface area contributed by atoms with Crippen molar-refractivity contribution in [3.63, 3.8) is 0 Å². The number of rotatable bonds is 10. The first-order valence-corrected chi connectivity index (χ1v) is 7.20. The van der Waals surface area contributed by atoms with Crippen molar-refractivity contribution < 1.29 is 19.6 Å². The van der Waals surface area contributed by atoms with Crippen molar-refractivity contribution >= 4 is 11.7 Å². The highest BCUT2D eigenvalue weighted by Crippen LogP contribution is 2.24. The van der Waals surface area contributed by atoms with Gasteiger partial charge in [-0.15, -0.1) is 0 Å². The molecule has 21 heavy (non-hydrogen) atoms. The fraction of sp³-hybridized carbons (Fsp3) is 0.533. The van der Waals surface area contributed by atoms with Gasteiger partial charge in [-0.3, -0.25) is 10.1 Å². The first-order valence-electron chi connectivity index (χ1n) is 7.20. The Morgan fingerprint density at radius 1 is 1.24 bits per heavy atom. The molecule has 0 unspecified atom stereocenters. The largest absolute Gasteiger partial charge is 0.493 e. The second-order valence-electron chi connectivity index (χ2n) is 4.86. The molecule has 0 saturated carbocycles. The first kappa shape index (κ1) is 16.9. The number of non-ortho nitro benzene ring substituents is 1. The number of aromatic carboxylic acids is 1. The smallest absolute Gasteiger partial charge is 0.339 e. The highest BCUT2D eigenvalue weighted by atomic mass is 16.6. The van der Waals surface area contributed by atoms with Crippen LogP contribution < -0.4 is 4.74 Å². The van der Waals surface area contributed by atoms with Crippen LogP contribution in [-0.2, 0) is 0 Å². The third-order valence-corrected chi connectivity index (χ3v) is 3.16. The van der Waals surface area contributed by atoms with Gasteiger partial charge in [0.05, 0.1) is 11.5 Å². The molecule has 0 saturated heterocycles. The lowest BCUT2D eigenvalue weighted by atomic mass is 10.1. The van der Waals surface area contributed by atoms with Gasteiger partial charge >= 0.3 is 5.97 Å². The Morgan fingerprint density at radius 2 is 1.90 bits per heavy atom. The minimum Gasteiger partial charge on any atom is -0.493 e. The van der Waals surface area contributed by atoms with E-state index in [9.17, 15) is 14.9 Å². The second kappa shape index (κ2) is 8.94. The highest BCUT2D eigenvalue weighted by molar-refractivity contribution is 5.91. The fourth-order valence-electron chi connectivity index (χ4n) is 1.99. The maximum absolute atomic E-state index is 11.1. The summed E-state index contributed by atoms with van der Waals surface area (Å²) >= 11 is 0. The molecule has 0 aliphatic heterocycles. The molecule has 6 heteroatoms. The zero-order valence-corrected chi connectivity index (χ0v) is 12.2. The van der Waals surface area contributed by atoms with E-state index in [0.717, 1.165) is 25.3 Å². The molecular weight excluding hydrogens is 274 g/mol. The van der Waals surface area contributed by atoms with Gasteiger partial charge in [-0.1, -0.05) is 39.0 Å². The van der Waals surface area contributed by atoms with Crippen molar-refractivity contribution in [3.05, 3.63) is 33.9 Å². The predicted molar refractivity (Wildman–Crippen MR) is 78.9 cm³/mol. The minimum atomic E-state index is -1.23. The van der Waals surface area contributed by atoms with Crippen molar-refractivity contribution in [2.75, 3.05) is 6.61 Å². The van der Waals surface area contributed by atoms with Crippen molar-refractivity contribution in [2.24, 2.45) is 0 Å². The zero-order chi connectivity index (χ0) is 15.7. The molecule has 116 valence electrons. The first-order chi connectivity index (χ1) is 10.1. The summed E-state index contributed by atoms with van der Waals surface area (Å²) in [5.74, 6) is -1.04. The van der Waals surface area contributed by atoms with Crippen LogP contribution in [0.3, 0.4) is 0 Å². The molecular formula is C15H21NO5. The van der Waals surface area contributed by atoms with Crippen LogP contribution in [0.2, 0.25) is 0 Å². The highest BCUT2D eigenvalue weighted by Gasteiger charge is 2.16. The summed E-state index contributed by atoms with van der Waals surface area (Å²) < 4.78 is 5.44. The number of ether oxygens (including phenoxy) is 1. The number of nitro benzene ring substituents is 1. The topological polar surface area (TPSA) is 89.7 Å². The number of nitro groups is 1. The quantitative estimate of drug-likeness (QED) is 0.400. The third-order valence-electron chi connectivity index (χ3n) is 3.16. The number of unbranched alkanes of at least 4 members (excludes halogenated alkanes) is 5. The fourth-order valence-corrected chi connectivity index (χ4v) is 1.99. The van der Waals surface area contributed by atoms with Crippen molar-refractivity contribution in [1.29, 1.82) is 0 Å². The molecule has 6 nitrogen and oxygen atoms in total. The molecule has 1 N–H and O–H groups in total. The average Bonchev–Trinajstić information content (AvgIpc) is 2.46. The lowest BCUT2D eigenvalue weighted by Gasteiger charge is -2.09. The Kier molecular flexibility index (Phi) is 7.21. The molecule has 0 spiro atoms. The van der Waals surface area contributed by atoms with Crippen LogP contribution in [0.15, 0.2) is 18.2 Å². The molecule has 1 aromatic carbocycles. The number of benzene rings is 1. The standard InChI is InChI=1S/C15H21NO5/c1-2-3-4-5-6-7-10-21-14-9-8-12(16(19)20)11-13(14)15(17)18/h8-9,11H,2-7,10H2,1H3,(H,17,18). The number of nitrogens with zero attached hydrogens (tertiary/aromatic N) is 1. The SMILES string of the molecule is CCCCCCCCOc1ccc([N+](=O)[O-])cc1C(=O)O. The van der Waals surface area contributed by atoms with Crippen LogP contribution in [0.4, 0.5) is 5.69 Å².